The second-order valence-corrected chi connectivity index (χ2v) is 4.44. The van der Waals surface area contributed by atoms with E-state index in [9.17, 15) is 22.8 Å². The normalized spacial score (nSPS) is 11.0. The van der Waals surface area contributed by atoms with E-state index in [0.717, 1.165) is 4.90 Å². The van der Waals surface area contributed by atoms with Crippen LogP contribution in [0.1, 0.15) is 6.92 Å². The minimum atomic E-state index is -4.50. The van der Waals surface area contributed by atoms with Gasteiger partial charge in [-0.1, -0.05) is 12.1 Å². The number of amides is 1. The molecule has 0 unspecified atom stereocenters. The molecule has 0 radical (unpaired) electrons. The van der Waals surface area contributed by atoms with E-state index in [0.29, 0.717) is 0 Å². The smallest absolute Gasteiger partial charge is 0.422 e. The lowest BCUT2D eigenvalue weighted by molar-refractivity contribution is -0.153. The van der Waals surface area contributed by atoms with Gasteiger partial charge in [0.2, 0.25) is 0 Å². The van der Waals surface area contributed by atoms with Crippen molar-refractivity contribution < 1.29 is 37.3 Å². The molecule has 0 bridgehead atoms. The number of hydrogen-bond donors (Lipinski definition) is 1. The number of aliphatic carboxylic acids is 1. The average molecular weight is 335 g/mol. The van der Waals surface area contributed by atoms with E-state index in [1.54, 1.807) is 6.92 Å². The van der Waals surface area contributed by atoms with Gasteiger partial charge in [-0.2, -0.15) is 13.2 Å². The summed E-state index contributed by atoms with van der Waals surface area (Å²) < 4.78 is 46.3. The van der Waals surface area contributed by atoms with E-state index in [4.69, 9.17) is 9.84 Å². The maximum atomic E-state index is 12.2. The zero-order valence-electron chi connectivity index (χ0n) is 12.3. The zero-order chi connectivity index (χ0) is 17.5. The van der Waals surface area contributed by atoms with Crippen molar-refractivity contribution in [2.75, 3.05) is 26.3 Å². The average Bonchev–Trinajstić information content (AvgIpc) is 2.48. The van der Waals surface area contributed by atoms with Crippen molar-refractivity contribution in [3.8, 4) is 11.5 Å². The number of ether oxygens (including phenoxy) is 2. The summed E-state index contributed by atoms with van der Waals surface area (Å²) in [5.74, 6) is -1.95. The second-order valence-electron chi connectivity index (χ2n) is 4.44. The molecule has 6 nitrogen and oxygen atoms in total. The predicted octanol–water partition coefficient (Wildman–Crippen LogP) is 1.94. The summed E-state index contributed by atoms with van der Waals surface area (Å²) >= 11 is 0. The molecule has 23 heavy (non-hydrogen) atoms. The Balaban J connectivity index is 2.66. The molecule has 1 aromatic carbocycles. The number of halogens is 3. The first-order valence-electron chi connectivity index (χ1n) is 6.64. The van der Waals surface area contributed by atoms with E-state index in [-0.39, 0.29) is 18.0 Å². The van der Waals surface area contributed by atoms with Gasteiger partial charge in [-0.25, -0.2) is 0 Å². The second kappa shape index (κ2) is 8.25. The van der Waals surface area contributed by atoms with E-state index >= 15 is 0 Å². The SMILES string of the molecule is CCN(CC(=O)O)C(=O)COc1ccccc1OCC(F)(F)F. The first-order valence-corrected chi connectivity index (χ1v) is 6.64. The Morgan fingerprint density at radius 1 is 1.17 bits per heavy atom. The molecule has 0 fully saturated rings. The highest BCUT2D eigenvalue weighted by atomic mass is 19.4. The topological polar surface area (TPSA) is 76.1 Å². The monoisotopic (exact) mass is 335 g/mol. The maximum Gasteiger partial charge on any atom is 0.422 e. The van der Waals surface area contributed by atoms with Crippen LogP contribution in [0.25, 0.3) is 0 Å². The number of nitrogens with zero attached hydrogens (tertiary/aromatic N) is 1. The molecule has 1 aromatic rings. The predicted molar refractivity (Wildman–Crippen MR) is 73.4 cm³/mol. The van der Waals surface area contributed by atoms with Crippen molar-refractivity contribution in [3.63, 3.8) is 0 Å². The number of benzene rings is 1. The van der Waals surface area contributed by atoms with Gasteiger partial charge in [0.1, 0.15) is 6.54 Å². The molecule has 0 saturated carbocycles. The molecule has 0 aliphatic heterocycles. The largest absolute Gasteiger partial charge is 0.480 e. The van der Waals surface area contributed by atoms with Crippen molar-refractivity contribution in [1.29, 1.82) is 0 Å². The van der Waals surface area contributed by atoms with Gasteiger partial charge in [-0.15, -0.1) is 0 Å². The number of likely N-dealkylation sites (N-methyl/N-ethyl adjacent to an activating group) is 1. The molecule has 0 heterocycles. The molecule has 0 aliphatic carbocycles. The highest BCUT2D eigenvalue weighted by molar-refractivity contribution is 5.82. The Kier molecular flexibility index (Phi) is 6.67. The maximum absolute atomic E-state index is 12.2. The lowest BCUT2D eigenvalue weighted by atomic mass is 10.3. The van der Waals surface area contributed by atoms with E-state index < -0.39 is 37.8 Å². The summed E-state index contributed by atoms with van der Waals surface area (Å²) in [7, 11) is 0. The summed E-state index contributed by atoms with van der Waals surface area (Å²) in [6.07, 6.45) is -4.50. The van der Waals surface area contributed by atoms with Crippen molar-refractivity contribution in [2.24, 2.45) is 0 Å². The molecule has 0 aromatic heterocycles. The minimum Gasteiger partial charge on any atom is -0.480 e. The van der Waals surface area contributed by atoms with Crippen LogP contribution in [0.4, 0.5) is 13.2 Å². The van der Waals surface area contributed by atoms with Gasteiger partial charge in [0, 0.05) is 6.54 Å². The molecule has 1 rings (SSSR count). The number of carbonyl (C=O) groups is 2. The summed E-state index contributed by atoms with van der Waals surface area (Å²) in [5.41, 5.74) is 0. The third-order valence-corrected chi connectivity index (χ3v) is 2.65. The molecule has 128 valence electrons. The van der Waals surface area contributed by atoms with E-state index in [1.807, 2.05) is 0 Å². The van der Waals surface area contributed by atoms with Gasteiger partial charge >= 0.3 is 12.1 Å². The summed E-state index contributed by atoms with van der Waals surface area (Å²) in [5, 5.41) is 8.68. The van der Waals surface area contributed by atoms with Gasteiger partial charge in [0.25, 0.3) is 5.91 Å². The number of carboxylic acids is 1. The van der Waals surface area contributed by atoms with Gasteiger partial charge < -0.3 is 19.5 Å². The molecule has 1 amide bonds. The Morgan fingerprint density at radius 2 is 1.74 bits per heavy atom. The van der Waals surface area contributed by atoms with Crippen LogP contribution in [0.2, 0.25) is 0 Å². The van der Waals surface area contributed by atoms with Crippen molar-refractivity contribution in [2.45, 2.75) is 13.1 Å². The van der Waals surface area contributed by atoms with Crippen LogP contribution < -0.4 is 9.47 Å². The standard InChI is InChI=1S/C14H16F3NO5/c1-2-18(7-13(20)21)12(19)8-22-10-5-3-4-6-11(10)23-9-14(15,16)17/h3-6H,2,7-9H2,1H3,(H,20,21). The van der Waals surface area contributed by atoms with E-state index in [2.05, 4.69) is 4.74 Å². The van der Waals surface area contributed by atoms with Crippen molar-refractivity contribution >= 4 is 11.9 Å². The third-order valence-electron chi connectivity index (χ3n) is 2.65. The number of carbonyl (C=O) groups excluding carboxylic acids is 1. The van der Waals surface area contributed by atoms with Gasteiger partial charge in [-0.05, 0) is 19.1 Å². The lowest BCUT2D eigenvalue weighted by Gasteiger charge is -2.19. The quantitative estimate of drug-likeness (QED) is 0.786. The Labute approximate surface area is 130 Å². The molecular weight excluding hydrogens is 319 g/mol. The highest BCUT2D eigenvalue weighted by Crippen LogP contribution is 2.28. The zero-order valence-corrected chi connectivity index (χ0v) is 12.3. The molecule has 0 aliphatic rings. The van der Waals surface area contributed by atoms with Crippen molar-refractivity contribution in [1.82, 2.24) is 4.90 Å². The molecule has 1 N–H and O–H groups in total. The minimum absolute atomic E-state index is 0.0310. The first-order chi connectivity index (χ1) is 10.7. The number of hydrogen-bond acceptors (Lipinski definition) is 4. The fourth-order valence-electron chi connectivity index (χ4n) is 1.62. The van der Waals surface area contributed by atoms with Gasteiger partial charge in [-0.3, -0.25) is 9.59 Å². The third kappa shape index (κ3) is 6.90. The van der Waals surface area contributed by atoms with Crippen LogP contribution in [0.3, 0.4) is 0 Å². The highest BCUT2D eigenvalue weighted by Gasteiger charge is 2.29. The van der Waals surface area contributed by atoms with Crippen LogP contribution in [-0.4, -0.2) is 54.4 Å². The number of alkyl halides is 3. The van der Waals surface area contributed by atoms with Crippen LogP contribution in [0.5, 0.6) is 11.5 Å². The number of carboxylic acid groups (broad SMARTS) is 1. The molecule has 0 atom stereocenters. The Bertz CT molecular complexity index is 547. The van der Waals surface area contributed by atoms with Gasteiger partial charge in [0.05, 0.1) is 0 Å². The molecular formula is C14H16F3NO5. The fourth-order valence-corrected chi connectivity index (χ4v) is 1.62. The number of rotatable bonds is 8. The summed E-state index contributed by atoms with van der Waals surface area (Å²) in [4.78, 5) is 23.5. The van der Waals surface area contributed by atoms with Crippen molar-refractivity contribution in [3.05, 3.63) is 24.3 Å². The molecule has 0 spiro atoms. The van der Waals surface area contributed by atoms with Crippen LogP contribution in [0.15, 0.2) is 24.3 Å². The first kappa shape index (κ1) is 18.6. The van der Waals surface area contributed by atoms with Crippen LogP contribution in [-0.2, 0) is 9.59 Å². The Hall–Kier alpha value is -2.45. The summed E-state index contributed by atoms with van der Waals surface area (Å²) in [6.45, 7) is -0.707. The van der Waals surface area contributed by atoms with E-state index in [1.165, 1.54) is 24.3 Å². The van der Waals surface area contributed by atoms with Gasteiger partial charge in [0.15, 0.2) is 24.7 Å². The molecule has 0 saturated heterocycles. The van der Waals surface area contributed by atoms with Crippen LogP contribution >= 0.6 is 0 Å². The fraction of sp³-hybridized carbons (Fsp3) is 0.429. The number of para-hydroxylation sites is 2. The molecule has 9 heteroatoms. The lowest BCUT2D eigenvalue weighted by Crippen LogP contribution is -2.38. The Morgan fingerprint density at radius 3 is 2.22 bits per heavy atom. The summed E-state index contributed by atoms with van der Waals surface area (Å²) in [6, 6.07) is 5.60. The van der Waals surface area contributed by atoms with Crippen LogP contribution in [0, 0.1) is 0 Å².